The van der Waals surface area contributed by atoms with E-state index in [1.165, 1.54) is 0 Å². The number of hydrogen-bond donors (Lipinski definition) is 3. The number of carboxylic acid groups (broad SMARTS) is 1. The number of carboxylic acids is 1. The van der Waals surface area contributed by atoms with E-state index in [0.29, 0.717) is 0 Å². The van der Waals surface area contributed by atoms with Crippen molar-refractivity contribution in [3.05, 3.63) is 0 Å². The maximum Gasteiger partial charge on any atom is 0.337 e. The van der Waals surface area contributed by atoms with Crippen molar-refractivity contribution in [3.63, 3.8) is 0 Å². The van der Waals surface area contributed by atoms with Gasteiger partial charge in [0, 0.05) is 13.0 Å². The molecule has 1 heterocycles. The van der Waals surface area contributed by atoms with Crippen LogP contribution < -0.4 is 5.32 Å². The van der Waals surface area contributed by atoms with Gasteiger partial charge < -0.3 is 15.2 Å². The van der Waals surface area contributed by atoms with Crippen LogP contribution in [0.2, 0.25) is 0 Å². The molecule has 76 valence electrons. The highest BCUT2D eigenvalue weighted by atomic mass is 19.2. The fraction of sp³-hybridized carbons (Fsp3) is 0.833. The Balaban J connectivity index is 2.29. The molecule has 0 radical (unpaired) electrons. The summed E-state index contributed by atoms with van der Waals surface area (Å²) in [5.41, 5.74) is 0. The van der Waals surface area contributed by atoms with Gasteiger partial charge >= 0.3 is 12.5 Å². The summed E-state index contributed by atoms with van der Waals surface area (Å²) in [7, 11) is 0. The first-order valence-electron chi connectivity index (χ1n) is 3.69. The second-order valence-corrected chi connectivity index (χ2v) is 2.67. The zero-order valence-corrected chi connectivity index (χ0v) is 6.64. The summed E-state index contributed by atoms with van der Waals surface area (Å²) in [6.45, 7) is -2.00. The Hall–Kier alpha value is -0.760. The molecular weight excluding hydrogens is 185 g/mol. The van der Waals surface area contributed by atoms with Crippen molar-refractivity contribution in [1.29, 1.82) is 0 Å². The highest BCUT2D eigenvalue weighted by molar-refractivity contribution is 5.73. The van der Waals surface area contributed by atoms with Crippen molar-refractivity contribution in [1.82, 2.24) is 5.32 Å². The van der Waals surface area contributed by atoms with E-state index in [2.05, 4.69) is 14.9 Å². The van der Waals surface area contributed by atoms with Crippen molar-refractivity contribution >= 4 is 5.97 Å². The van der Waals surface area contributed by atoms with Crippen LogP contribution in [0.15, 0.2) is 0 Å². The van der Waals surface area contributed by atoms with Gasteiger partial charge in [-0.15, -0.1) is 0 Å². The van der Waals surface area contributed by atoms with E-state index in [9.17, 15) is 9.18 Å². The van der Waals surface area contributed by atoms with E-state index in [1.54, 1.807) is 0 Å². The van der Waals surface area contributed by atoms with Gasteiger partial charge in [0.25, 0.3) is 0 Å². The third-order valence-corrected chi connectivity index (χ3v) is 1.77. The van der Waals surface area contributed by atoms with Crippen molar-refractivity contribution in [3.8, 4) is 0 Å². The summed E-state index contributed by atoms with van der Waals surface area (Å²) in [5, 5.41) is 19.0. The van der Waals surface area contributed by atoms with Crippen LogP contribution in [0, 0.1) is 0 Å². The number of ether oxygens (including phenoxy) is 1. The zero-order chi connectivity index (χ0) is 9.84. The Morgan fingerprint density at radius 3 is 2.85 bits per heavy atom. The van der Waals surface area contributed by atoms with Gasteiger partial charge in [-0.25, -0.2) is 5.26 Å². The Bertz CT molecular complexity index is 190. The standard InChI is InChI=1S/C6H10FNO5/c7-6(13-11)12-3-1-4(5(9)10)8-2-3/h3-4,6,8,11H,1-2H2,(H,9,10)/t3-,4-,6?/m0/s1. The van der Waals surface area contributed by atoms with Gasteiger partial charge in [0.2, 0.25) is 0 Å². The molecule has 0 spiro atoms. The summed E-state index contributed by atoms with van der Waals surface area (Å²) in [5.74, 6) is -1.01. The smallest absolute Gasteiger partial charge is 0.337 e. The monoisotopic (exact) mass is 195 g/mol. The van der Waals surface area contributed by atoms with Crippen LogP contribution in [-0.2, 0) is 14.4 Å². The van der Waals surface area contributed by atoms with Gasteiger partial charge in [0.15, 0.2) is 0 Å². The topological polar surface area (TPSA) is 88.0 Å². The van der Waals surface area contributed by atoms with Gasteiger partial charge in [-0.1, -0.05) is 0 Å². The molecule has 0 bridgehead atoms. The minimum atomic E-state index is -2.22. The Morgan fingerprint density at radius 1 is 1.69 bits per heavy atom. The Morgan fingerprint density at radius 2 is 2.38 bits per heavy atom. The first-order valence-corrected chi connectivity index (χ1v) is 3.69. The van der Waals surface area contributed by atoms with E-state index < -0.39 is 24.7 Å². The number of carbonyl (C=O) groups is 1. The van der Waals surface area contributed by atoms with E-state index in [0.717, 1.165) is 0 Å². The predicted molar refractivity (Wildman–Crippen MR) is 37.5 cm³/mol. The van der Waals surface area contributed by atoms with Crippen LogP contribution in [0.5, 0.6) is 0 Å². The molecule has 6 nitrogen and oxygen atoms in total. The van der Waals surface area contributed by atoms with Crippen LogP contribution in [-0.4, -0.2) is 41.6 Å². The Labute approximate surface area is 73.2 Å². The minimum absolute atomic E-state index is 0.152. The number of hydrogen-bond acceptors (Lipinski definition) is 5. The lowest BCUT2D eigenvalue weighted by Gasteiger charge is -2.11. The van der Waals surface area contributed by atoms with Crippen LogP contribution >= 0.6 is 0 Å². The molecule has 1 aliphatic heterocycles. The fourth-order valence-electron chi connectivity index (χ4n) is 1.17. The molecule has 0 aromatic heterocycles. The molecule has 1 rings (SSSR count). The molecule has 1 saturated heterocycles. The molecule has 0 saturated carbocycles. The molecule has 0 aromatic rings. The molecule has 0 amide bonds. The van der Waals surface area contributed by atoms with Crippen LogP contribution in [0.1, 0.15) is 6.42 Å². The van der Waals surface area contributed by atoms with Crippen molar-refractivity contribution < 1.29 is 29.2 Å². The maximum atomic E-state index is 12.2. The van der Waals surface area contributed by atoms with Gasteiger partial charge in [0.05, 0.1) is 6.10 Å². The van der Waals surface area contributed by atoms with Gasteiger partial charge in [-0.05, 0) is 0 Å². The number of nitrogens with one attached hydrogen (secondary N) is 1. The molecule has 0 aliphatic carbocycles. The molecule has 3 N–H and O–H groups in total. The lowest BCUT2D eigenvalue weighted by molar-refractivity contribution is -0.394. The van der Waals surface area contributed by atoms with Gasteiger partial charge in [-0.2, -0.15) is 9.28 Å². The van der Waals surface area contributed by atoms with Crippen LogP contribution in [0.4, 0.5) is 4.39 Å². The highest BCUT2D eigenvalue weighted by Gasteiger charge is 2.31. The Kier molecular flexibility index (Phi) is 3.55. The summed E-state index contributed by atoms with van der Waals surface area (Å²) in [6.07, 6.45) is -0.442. The third-order valence-electron chi connectivity index (χ3n) is 1.77. The van der Waals surface area contributed by atoms with E-state index in [1.807, 2.05) is 0 Å². The predicted octanol–water partition coefficient (Wildman–Crippen LogP) is -0.439. The number of aliphatic carboxylic acids is 1. The van der Waals surface area contributed by atoms with E-state index in [4.69, 9.17) is 10.4 Å². The molecule has 1 fully saturated rings. The summed E-state index contributed by atoms with van der Waals surface area (Å²) >= 11 is 0. The van der Waals surface area contributed by atoms with Gasteiger partial charge in [-0.3, -0.25) is 4.79 Å². The number of alkyl halides is 1. The summed E-state index contributed by atoms with van der Waals surface area (Å²) in [6, 6.07) is -0.726. The molecular formula is C6H10FNO5. The van der Waals surface area contributed by atoms with Crippen LogP contribution in [0.25, 0.3) is 0 Å². The SMILES string of the molecule is O=C(O)[C@@H]1C[C@H](OC(F)OO)CN1. The summed E-state index contributed by atoms with van der Waals surface area (Å²) in [4.78, 5) is 13.7. The van der Waals surface area contributed by atoms with Crippen molar-refractivity contribution in [2.45, 2.75) is 25.1 Å². The first kappa shape index (κ1) is 10.3. The fourth-order valence-corrected chi connectivity index (χ4v) is 1.17. The highest BCUT2D eigenvalue weighted by Crippen LogP contribution is 2.13. The summed E-state index contributed by atoms with van der Waals surface area (Å²) < 4.78 is 16.7. The molecule has 1 aliphatic rings. The first-order chi connectivity index (χ1) is 6.13. The zero-order valence-electron chi connectivity index (χ0n) is 6.64. The molecule has 3 atom stereocenters. The van der Waals surface area contributed by atoms with Crippen molar-refractivity contribution in [2.24, 2.45) is 0 Å². The quantitative estimate of drug-likeness (QED) is 0.320. The molecule has 13 heavy (non-hydrogen) atoms. The lowest BCUT2D eigenvalue weighted by Crippen LogP contribution is -2.30. The molecule has 7 heteroatoms. The average Bonchev–Trinajstić information content (AvgIpc) is 2.52. The van der Waals surface area contributed by atoms with Gasteiger partial charge in [0.1, 0.15) is 6.04 Å². The van der Waals surface area contributed by atoms with E-state index >= 15 is 0 Å². The lowest BCUT2D eigenvalue weighted by atomic mass is 10.2. The largest absolute Gasteiger partial charge is 0.480 e. The second kappa shape index (κ2) is 4.47. The molecule has 1 unspecified atom stereocenters. The van der Waals surface area contributed by atoms with Crippen LogP contribution in [0.3, 0.4) is 0 Å². The minimum Gasteiger partial charge on any atom is -0.480 e. The molecule has 0 aromatic carbocycles. The number of rotatable bonds is 4. The van der Waals surface area contributed by atoms with Crippen molar-refractivity contribution in [2.75, 3.05) is 6.54 Å². The third kappa shape index (κ3) is 2.88. The van der Waals surface area contributed by atoms with E-state index in [-0.39, 0.29) is 13.0 Å². The number of halogens is 1. The normalized spacial score (nSPS) is 30.3. The maximum absolute atomic E-state index is 12.2. The average molecular weight is 195 g/mol. The second-order valence-electron chi connectivity index (χ2n) is 2.67.